The van der Waals surface area contributed by atoms with E-state index in [4.69, 9.17) is 17.5 Å². The zero-order valence-corrected chi connectivity index (χ0v) is 13.7. The maximum absolute atomic E-state index is 6.00. The molecule has 0 aliphatic carbocycles. The highest BCUT2D eigenvalue weighted by Crippen LogP contribution is 2.39. The first-order valence-corrected chi connectivity index (χ1v) is 8.31. The summed E-state index contributed by atoms with van der Waals surface area (Å²) in [5.74, 6) is 1.03. The van der Waals surface area contributed by atoms with Crippen LogP contribution >= 0.6 is 0 Å². The predicted octanol–water partition coefficient (Wildman–Crippen LogP) is 1.71. The number of fused-ring (bicyclic) bond motifs is 2. The van der Waals surface area contributed by atoms with Gasteiger partial charge < -0.3 is 19.2 Å². The molecule has 118 valence electrons. The molecule has 5 heteroatoms. The second-order valence-electron chi connectivity index (χ2n) is 6.05. The van der Waals surface area contributed by atoms with Gasteiger partial charge in [-0.05, 0) is 62.5 Å². The first kappa shape index (κ1) is 15.7. The summed E-state index contributed by atoms with van der Waals surface area (Å²) in [5, 5.41) is 0. The van der Waals surface area contributed by atoms with Crippen molar-refractivity contribution in [2.24, 2.45) is 0 Å². The van der Waals surface area contributed by atoms with Gasteiger partial charge in [-0.2, -0.15) is 0 Å². The zero-order chi connectivity index (χ0) is 15.5. The van der Waals surface area contributed by atoms with Crippen molar-refractivity contribution in [3.8, 4) is 5.75 Å². The van der Waals surface area contributed by atoms with Gasteiger partial charge in [0.15, 0.2) is 7.98 Å². The van der Waals surface area contributed by atoms with Crippen LogP contribution in [0.3, 0.4) is 0 Å². The van der Waals surface area contributed by atoms with Crippen molar-refractivity contribution in [3.05, 3.63) is 22.8 Å². The Balaban J connectivity index is 1.91. The van der Waals surface area contributed by atoms with Crippen LogP contribution in [-0.2, 0) is 17.6 Å². The van der Waals surface area contributed by atoms with Gasteiger partial charge in [0.2, 0.25) is 0 Å². The average Bonchev–Trinajstić information content (AvgIpc) is 2.70. The second-order valence-corrected chi connectivity index (χ2v) is 6.05. The van der Waals surface area contributed by atoms with Crippen LogP contribution in [0.15, 0.2) is 6.07 Å². The number of benzene rings is 1. The first-order chi connectivity index (χ1) is 10.7. The molecule has 1 aromatic rings. The molecule has 0 atom stereocenters. The van der Waals surface area contributed by atoms with Crippen LogP contribution in [0.5, 0.6) is 5.75 Å². The van der Waals surface area contributed by atoms with Crippen molar-refractivity contribution in [1.29, 1.82) is 0 Å². The van der Waals surface area contributed by atoms with Crippen molar-refractivity contribution in [3.63, 3.8) is 0 Å². The van der Waals surface area contributed by atoms with Gasteiger partial charge in [0.1, 0.15) is 12.4 Å². The van der Waals surface area contributed by atoms with Gasteiger partial charge in [-0.15, -0.1) is 0 Å². The molecule has 2 aliphatic heterocycles. The number of ether oxygens (including phenoxy) is 2. The van der Waals surface area contributed by atoms with Crippen LogP contribution in [0, 0.1) is 6.92 Å². The number of nitrogens with zero attached hydrogens (tertiary/aromatic N) is 2. The van der Waals surface area contributed by atoms with Crippen molar-refractivity contribution in [2.45, 2.75) is 26.7 Å². The lowest BCUT2D eigenvalue weighted by atomic mass is 9.94. The van der Waals surface area contributed by atoms with E-state index in [0.717, 1.165) is 64.6 Å². The van der Waals surface area contributed by atoms with Crippen molar-refractivity contribution in [2.75, 3.05) is 50.9 Å². The fourth-order valence-electron chi connectivity index (χ4n) is 3.51. The fourth-order valence-corrected chi connectivity index (χ4v) is 3.51. The third kappa shape index (κ3) is 3.11. The molecule has 1 aromatic carbocycles. The minimum Gasteiger partial charge on any atom is -0.490 e. The van der Waals surface area contributed by atoms with E-state index in [1.165, 1.54) is 22.4 Å². The summed E-state index contributed by atoms with van der Waals surface area (Å²) in [5.41, 5.74) is 5.48. The maximum atomic E-state index is 6.00. The van der Waals surface area contributed by atoms with Gasteiger partial charge in [0.25, 0.3) is 0 Å². The number of rotatable bonds is 4. The van der Waals surface area contributed by atoms with Gasteiger partial charge in [0, 0.05) is 13.2 Å². The molecule has 0 saturated heterocycles. The highest BCUT2D eigenvalue weighted by molar-refractivity contribution is 6.04. The minimum atomic E-state index is 0.750. The van der Waals surface area contributed by atoms with Gasteiger partial charge in [-0.25, -0.2) is 0 Å². The Morgan fingerprint density at radius 3 is 2.91 bits per heavy atom. The third-order valence-electron chi connectivity index (χ3n) is 4.70. The molecule has 2 radical (unpaired) electrons. The smallest absolute Gasteiger partial charge is 0.182 e. The molecule has 0 aromatic heterocycles. The summed E-state index contributed by atoms with van der Waals surface area (Å²) in [6, 6.07) is 2.24. The Kier molecular flexibility index (Phi) is 4.94. The Morgan fingerprint density at radius 2 is 2.09 bits per heavy atom. The Bertz CT molecular complexity index is 536. The van der Waals surface area contributed by atoms with Crippen LogP contribution in [0.1, 0.15) is 23.6 Å². The molecular formula is C17H25BN2O2. The highest BCUT2D eigenvalue weighted by atomic mass is 16.5. The average molecular weight is 300 g/mol. The van der Waals surface area contributed by atoms with Gasteiger partial charge in [-0.1, -0.05) is 0 Å². The molecule has 3 rings (SSSR count). The first-order valence-electron chi connectivity index (χ1n) is 8.31. The summed E-state index contributed by atoms with van der Waals surface area (Å²) in [6.45, 7) is 10.3. The topological polar surface area (TPSA) is 24.9 Å². The number of hydrogen-bond acceptors (Lipinski definition) is 4. The molecule has 0 saturated carbocycles. The summed E-state index contributed by atoms with van der Waals surface area (Å²) < 4.78 is 11.5. The largest absolute Gasteiger partial charge is 0.490 e. The Hall–Kier alpha value is -1.20. The van der Waals surface area contributed by atoms with E-state index in [1.54, 1.807) is 0 Å². The van der Waals surface area contributed by atoms with Gasteiger partial charge in [0.05, 0.1) is 18.8 Å². The van der Waals surface area contributed by atoms with E-state index in [0.29, 0.717) is 0 Å². The zero-order valence-electron chi connectivity index (χ0n) is 13.7. The van der Waals surface area contributed by atoms with Gasteiger partial charge in [-0.3, -0.25) is 0 Å². The van der Waals surface area contributed by atoms with E-state index in [1.807, 2.05) is 11.7 Å². The molecule has 0 spiro atoms. The van der Waals surface area contributed by atoms with E-state index >= 15 is 0 Å². The lowest BCUT2D eigenvalue weighted by Crippen LogP contribution is -2.36. The molecule has 0 bridgehead atoms. The van der Waals surface area contributed by atoms with Crippen molar-refractivity contribution < 1.29 is 9.47 Å². The molecule has 4 nitrogen and oxygen atoms in total. The molecule has 22 heavy (non-hydrogen) atoms. The van der Waals surface area contributed by atoms with Crippen molar-refractivity contribution >= 4 is 13.7 Å². The third-order valence-corrected chi connectivity index (χ3v) is 4.70. The SMILES string of the molecule is [B]N1CCc2cc3c(c(C)c2CC1)N(CCOCC)CCO3. The molecule has 0 fully saturated rings. The lowest BCUT2D eigenvalue weighted by molar-refractivity contribution is 0.152. The van der Waals surface area contributed by atoms with Crippen LogP contribution in [0.2, 0.25) is 0 Å². The summed E-state index contributed by atoms with van der Waals surface area (Å²) in [7, 11) is 6.00. The fraction of sp³-hybridized carbons (Fsp3) is 0.647. The molecular weight excluding hydrogens is 275 g/mol. The van der Waals surface area contributed by atoms with E-state index in [2.05, 4.69) is 17.9 Å². The Morgan fingerprint density at radius 1 is 1.27 bits per heavy atom. The minimum absolute atomic E-state index is 0.750. The summed E-state index contributed by atoms with van der Waals surface area (Å²) in [4.78, 5) is 4.33. The monoisotopic (exact) mass is 300 g/mol. The molecule has 0 amide bonds. The standard InChI is InChI=1S/C17H25BN2O2/c1-3-21-10-8-19-9-11-22-16-12-14-4-6-20(18)7-5-15(14)13(2)17(16)19/h12H,3-11H2,1-2H3. The molecule has 0 unspecified atom stereocenters. The predicted molar refractivity (Wildman–Crippen MR) is 90.1 cm³/mol. The van der Waals surface area contributed by atoms with Gasteiger partial charge >= 0.3 is 0 Å². The quantitative estimate of drug-likeness (QED) is 0.624. The summed E-state index contributed by atoms with van der Waals surface area (Å²) >= 11 is 0. The second kappa shape index (κ2) is 6.92. The maximum Gasteiger partial charge on any atom is 0.182 e. The number of hydrogen-bond donors (Lipinski definition) is 0. The molecule has 2 heterocycles. The molecule has 2 aliphatic rings. The number of anilines is 1. The Labute approximate surface area is 134 Å². The molecule has 0 N–H and O–H groups in total. The van der Waals surface area contributed by atoms with Crippen LogP contribution in [0.4, 0.5) is 5.69 Å². The van der Waals surface area contributed by atoms with Crippen LogP contribution in [0.25, 0.3) is 0 Å². The van der Waals surface area contributed by atoms with E-state index in [-0.39, 0.29) is 0 Å². The summed E-state index contributed by atoms with van der Waals surface area (Å²) in [6.07, 6.45) is 2.02. The van der Waals surface area contributed by atoms with E-state index in [9.17, 15) is 0 Å². The van der Waals surface area contributed by atoms with E-state index < -0.39 is 0 Å². The lowest BCUT2D eigenvalue weighted by Gasteiger charge is -2.34. The highest BCUT2D eigenvalue weighted by Gasteiger charge is 2.25. The van der Waals surface area contributed by atoms with Crippen molar-refractivity contribution in [1.82, 2.24) is 4.81 Å². The van der Waals surface area contributed by atoms with Crippen LogP contribution in [-0.4, -0.2) is 58.8 Å². The normalized spacial score (nSPS) is 18.4. The van der Waals surface area contributed by atoms with Crippen LogP contribution < -0.4 is 9.64 Å².